The minimum Gasteiger partial charge on any atom is -0.264 e. The molecule has 0 saturated carbocycles. The first-order chi connectivity index (χ1) is 33.7. The molecule has 0 spiro atoms. The van der Waals surface area contributed by atoms with Crippen LogP contribution in [0, 0.1) is 0 Å². The van der Waals surface area contributed by atoms with Gasteiger partial charge in [-0.1, -0.05) is 158 Å². The van der Waals surface area contributed by atoms with Crippen LogP contribution in [0.3, 0.4) is 0 Å². The van der Waals surface area contributed by atoms with Crippen molar-refractivity contribution in [3.05, 3.63) is 237 Å². The highest BCUT2D eigenvalue weighted by Crippen LogP contribution is 2.41. The van der Waals surface area contributed by atoms with E-state index in [9.17, 15) is 0 Å². The van der Waals surface area contributed by atoms with Crippen LogP contribution in [0.2, 0.25) is 0 Å². The summed E-state index contributed by atoms with van der Waals surface area (Å²) >= 11 is 0. The quantitative estimate of drug-likeness (QED) is 0.162. The van der Waals surface area contributed by atoms with Crippen molar-refractivity contribution in [2.24, 2.45) is 0 Å². The highest BCUT2D eigenvalue weighted by Gasteiger charge is 2.15. The summed E-state index contributed by atoms with van der Waals surface area (Å²) in [6.07, 6.45) is 5.70. The molecule has 0 radical (unpaired) electrons. The lowest BCUT2D eigenvalue weighted by molar-refractivity contribution is 1.33. The maximum atomic E-state index is 5.32. The lowest BCUT2D eigenvalue weighted by Crippen LogP contribution is -1.90. The van der Waals surface area contributed by atoms with E-state index in [-0.39, 0.29) is 0 Å². The molecule has 3 nitrogen and oxygen atoms in total. The Morgan fingerprint density at radius 3 is 1.32 bits per heavy atom. The smallest absolute Gasteiger partial charge is 0.0715 e. The van der Waals surface area contributed by atoms with Gasteiger partial charge in [0.25, 0.3) is 0 Å². The second-order valence-electron chi connectivity index (χ2n) is 18.0. The fraction of sp³-hybridized carbons (Fsp3) is 0. The van der Waals surface area contributed by atoms with Gasteiger partial charge >= 0.3 is 0 Å². The second-order valence-corrected chi connectivity index (χ2v) is 18.0. The monoisotopic (exact) mass is 861 g/mol. The van der Waals surface area contributed by atoms with Crippen molar-refractivity contribution in [2.75, 3.05) is 0 Å². The maximum Gasteiger partial charge on any atom is 0.0715 e. The largest absolute Gasteiger partial charge is 0.264 e. The predicted octanol–water partition coefficient (Wildman–Crippen LogP) is 17.4. The number of fused-ring (bicyclic) bond motifs is 14. The highest BCUT2D eigenvalue weighted by molar-refractivity contribution is 6.27. The van der Waals surface area contributed by atoms with E-state index < -0.39 is 0 Å². The van der Waals surface area contributed by atoms with Crippen LogP contribution in [0.1, 0.15) is 0 Å². The van der Waals surface area contributed by atoms with Gasteiger partial charge in [-0.3, -0.25) is 9.97 Å². The van der Waals surface area contributed by atoms with Gasteiger partial charge in [-0.25, -0.2) is 4.98 Å². The van der Waals surface area contributed by atoms with E-state index in [4.69, 9.17) is 9.97 Å². The standard InChI is InChI=1S/C65H39N3/c1-2-12-53-51(10-1)52-11-3-4-13-54(52)62-36-49(22-26-57(53)62)64-37-47(29-31-67-64)45-17-16-40-23-27-63(68-65(40)38-45)48-21-25-59-58-24-20-44(34-60(58)55-14-5-6-15-56(55)61(59)35-48)42-9-7-8-41(32-42)43-18-19-50-39-66-30-28-46(50)33-43/h1-39H. The van der Waals surface area contributed by atoms with E-state index in [0.29, 0.717) is 0 Å². The first-order valence-corrected chi connectivity index (χ1v) is 23.2. The van der Waals surface area contributed by atoms with E-state index >= 15 is 0 Å². The van der Waals surface area contributed by atoms with Gasteiger partial charge in [-0.15, -0.1) is 0 Å². The van der Waals surface area contributed by atoms with Crippen molar-refractivity contribution in [2.45, 2.75) is 0 Å². The number of pyridine rings is 3. The Kier molecular flexibility index (Phi) is 8.59. The summed E-state index contributed by atoms with van der Waals surface area (Å²) in [6, 6.07) is 79.6. The van der Waals surface area contributed by atoms with Crippen molar-refractivity contribution in [1.29, 1.82) is 0 Å². The first-order valence-electron chi connectivity index (χ1n) is 23.2. The van der Waals surface area contributed by atoms with Crippen LogP contribution in [0.15, 0.2) is 237 Å². The number of nitrogens with zero attached hydrogens (tertiary/aromatic N) is 3. The summed E-state index contributed by atoms with van der Waals surface area (Å²) in [7, 11) is 0. The normalized spacial score (nSPS) is 11.8. The minimum atomic E-state index is 0.944. The SMILES string of the molecule is c1cc(-c2ccc3cnccc3c2)cc(-c2ccc3c4ccc(-c5ccc6ccc(-c7ccnc(-c8ccc9c%10ccccc%10c%10ccccc%10c9c8)c7)cc6n5)cc4c4ccccc4c3c2)c1. The molecule has 3 heterocycles. The van der Waals surface area contributed by atoms with Gasteiger partial charge in [0.1, 0.15) is 0 Å². The fourth-order valence-electron chi connectivity index (χ4n) is 10.7. The van der Waals surface area contributed by atoms with Gasteiger partial charge in [0.15, 0.2) is 0 Å². The summed E-state index contributed by atoms with van der Waals surface area (Å²) in [5.41, 5.74) is 12.0. The average Bonchev–Trinajstić information content (AvgIpc) is 3.42. The lowest BCUT2D eigenvalue weighted by atomic mass is 9.90. The maximum absolute atomic E-state index is 5.32. The fourth-order valence-corrected chi connectivity index (χ4v) is 10.7. The van der Waals surface area contributed by atoms with Crippen LogP contribution < -0.4 is 0 Å². The molecule has 0 bridgehead atoms. The third kappa shape index (κ3) is 6.25. The Balaban J connectivity index is 0.816. The van der Waals surface area contributed by atoms with Crippen molar-refractivity contribution < 1.29 is 0 Å². The molecule has 0 atom stereocenters. The van der Waals surface area contributed by atoms with Crippen LogP contribution in [-0.4, -0.2) is 15.0 Å². The number of rotatable bonds is 5. The van der Waals surface area contributed by atoms with Crippen LogP contribution >= 0.6 is 0 Å². The Hall–Kier alpha value is -9.05. The van der Waals surface area contributed by atoms with E-state index in [1.807, 2.05) is 18.6 Å². The molecule has 14 rings (SSSR count). The van der Waals surface area contributed by atoms with Gasteiger partial charge in [0, 0.05) is 40.5 Å². The zero-order chi connectivity index (χ0) is 44.7. The molecule has 0 amide bonds. The van der Waals surface area contributed by atoms with Crippen LogP contribution in [0.4, 0.5) is 0 Å². The zero-order valence-electron chi connectivity index (χ0n) is 36.9. The highest BCUT2D eigenvalue weighted by atomic mass is 14.7. The molecule has 0 saturated heterocycles. The number of benzene rings is 11. The summed E-state index contributed by atoms with van der Waals surface area (Å²) in [5, 5.41) is 18.4. The Morgan fingerprint density at radius 1 is 0.235 bits per heavy atom. The van der Waals surface area contributed by atoms with Crippen LogP contribution in [0.5, 0.6) is 0 Å². The van der Waals surface area contributed by atoms with Crippen molar-refractivity contribution in [1.82, 2.24) is 15.0 Å². The van der Waals surface area contributed by atoms with Crippen LogP contribution in [-0.2, 0) is 0 Å². The molecule has 0 fully saturated rings. The molecule has 68 heavy (non-hydrogen) atoms. The molecule has 0 aliphatic rings. The van der Waals surface area contributed by atoms with Crippen LogP contribution in [0.25, 0.3) is 142 Å². The molecule has 3 heteroatoms. The molecular formula is C65H39N3. The Morgan fingerprint density at radius 2 is 0.691 bits per heavy atom. The van der Waals surface area contributed by atoms with E-state index in [1.165, 1.54) is 92.3 Å². The Bertz CT molecular complexity index is 4340. The Labute approximate surface area is 392 Å². The number of hydrogen-bond acceptors (Lipinski definition) is 3. The lowest BCUT2D eigenvalue weighted by Gasteiger charge is -2.14. The summed E-state index contributed by atoms with van der Waals surface area (Å²) in [4.78, 5) is 14.5. The summed E-state index contributed by atoms with van der Waals surface area (Å²) in [6.45, 7) is 0. The molecule has 3 aromatic heterocycles. The molecule has 14 aromatic rings. The summed E-state index contributed by atoms with van der Waals surface area (Å²) < 4.78 is 0. The van der Waals surface area contributed by atoms with Gasteiger partial charge in [0.05, 0.1) is 16.9 Å². The van der Waals surface area contributed by atoms with Gasteiger partial charge < -0.3 is 0 Å². The van der Waals surface area contributed by atoms with E-state index in [2.05, 4.69) is 223 Å². The molecule has 0 aliphatic heterocycles. The minimum absolute atomic E-state index is 0.944. The van der Waals surface area contributed by atoms with Crippen molar-refractivity contribution in [3.8, 4) is 55.9 Å². The molecule has 11 aromatic carbocycles. The number of hydrogen-bond donors (Lipinski definition) is 0. The number of aromatic nitrogens is 3. The van der Waals surface area contributed by atoms with E-state index in [0.717, 1.165) is 49.9 Å². The van der Waals surface area contributed by atoms with Gasteiger partial charge in [-0.05, 0) is 164 Å². The summed E-state index contributed by atoms with van der Waals surface area (Å²) in [5.74, 6) is 0. The van der Waals surface area contributed by atoms with Crippen molar-refractivity contribution >= 4 is 86.3 Å². The van der Waals surface area contributed by atoms with E-state index in [1.54, 1.807) is 0 Å². The molecule has 0 N–H and O–H groups in total. The molecular weight excluding hydrogens is 823 g/mol. The average molecular weight is 862 g/mol. The molecule has 0 aliphatic carbocycles. The van der Waals surface area contributed by atoms with Crippen molar-refractivity contribution in [3.63, 3.8) is 0 Å². The van der Waals surface area contributed by atoms with Gasteiger partial charge in [-0.2, -0.15) is 0 Å². The third-order valence-corrected chi connectivity index (χ3v) is 14.1. The topological polar surface area (TPSA) is 38.7 Å². The third-order valence-electron chi connectivity index (χ3n) is 14.1. The van der Waals surface area contributed by atoms with Gasteiger partial charge in [0.2, 0.25) is 0 Å². The zero-order valence-corrected chi connectivity index (χ0v) is 36.9. The second kappa shape index (κ2) is 15.3. The predicted molar refractivity (Wildman–Crippen MR) is 287 cm³/mol. The molecule has 0 unspecified atom stereocenters. The molecule has 314 valence electrons. The first kappa shape index (κ1) is 38.2.